The van der Waals surface area contributed by atoms with E-state index >= 15 is 0 Å². The fourth-order valence-corrected chi connectivity index (χ4v) is 3.70. The molecule has 2 fully saturated rings. The van der Waals surface area contributed by atoms with E-state index in [1.54, 1.807) is 18.0 Å². The molecular formula is C16H26N4O3. The first-order valence-electron chi connectivity index (χ1n) is 8.49. The van der Waals surface area contributed by atoms with Gasteiger partial charge in [0.05, 0.1) is 24.4 Å². The highest BCUT2D eigenvalue weighted by atomic mass is 16.5. The van der Waals surface area contributed by atoms with Gasteiger partial charge in [0.1, 0.15) is 0 Å². The summed E-state index contributed by atoms with van der Waals surface area (Å²) in [5.74, 6) is 0.248. The van der Waals surface area contributed by atoms with Crippen LogP contribution in [0, 0.1) is 5.92 Å². The molecule has 0 aromatic carbocycles. The number of hydrogen-bond donors (Lipinski definition) is 3. The average Bonchev–Trinajstić information content (AvgIpc) is 3.23. The zero-order chi connectivity index (χ0) is 16.2. The van der Waals surface area contributed by atoms with Gasteiger partial charge in [0.2, 0.25) is 0 Å². The number of aromatic amines is 1. The molecule has 2 aliphatic rings. The summed E-state index contributed by atoms with van der Waals surface area (Å²) in [4.78, 5) is 14.2. The minimum atomic E-state index is -0.486. The molecule has 2 saturated heterocycles. The van der Waals surface area contributed by atoms with Gasteiger partial charge in [-0.05, 0) is 32.6 Å². The summed E-state index contributed by atoms with van der Waals surface area (Å²) < 4.78 is 5.89. The van der Waals surface area contributed by atoms with Crippen LogP contribution >= 0.6 is 0 Å². The second kappa shape index (κ2) is 7.31. The Labute approximate surface area is 136 Å². The second-order valence-corrected chi connectivity index (χ2v) is 6.55. The van der Waals surface area contributed by atoms with Crippen molar-refractivity contribution in [3.05, 3.63) is 18.0 Å². The van der Waals surface area contributed by atoms with Gasteiger partial charge in [-0.3, -0.25) is 5.10 Å². The number of H-pyrrole nitrogens is 1. The SMILES string of the molecule is CC(O)[C@H]1CCCN1C(=O)NC[C@@H]1CCCO[C@H]1c1cn[nH]c1. The van der Waals surface area contributed by atoms with Crippen molar-refractivity contribution in [1.29, 1.82) is 0 Å². The predicted molar refractivity (Wildman–Crippen MR) is 84.8 cm³/mol. The van der Waals surface area contributed by atoms with Gasteiger partial charge in [0.25, 0.3) is 0 Å². The molecule has 7 heteroatoms. The summed E-state index contributed by atoms with van der Waals surface area (Å²) in [6.07, 6.45) is 6.99. The summed E-state index contributed by atoms with van der Waals surface area (Å²) in [6, 6.07) is -0.146. The van der Waals surface area contributed by atoms with Crippen LogP contribution in [-0.2, 0) is 4.74 Å². The highest BCUT2D eigenvalue weighted by molar-refractivity contribution is 5.75. The van der Waals surface area contributed by atoms with Crippen molar-refractivity contribution in [2.75, 3.05) is 19.7 Å². The molecule has 0 bridgehead atoms. The Hall–Kier alpha value is -1.60. The average molecular weight is 322 g/mol. The van der Waals surface area contributed by atoms with E-state index < -0.39 is 6.10 Å². The van der Waals surface area contributed by atoms with Crippen molar-refractivity contribution in [1.82, 2.24) is 20.4 Å². The molecule has 1 aromatic heterocycles. The van der Waals surface area contributed by atoms with Crippen molar-refractivity contribution in [3.63, 3.8) is 0 Å². The minimum Gasteiger partial charge on any atom is -0.391 e. The molecule has 128 valence electrons. The fourth-order valence-electron chi connectivity index (χ4n) is 3.70. The van der Waals surface area contributed by atoms with E-state index in [0.717, 1.165) is 37.9 Å². The molecule has 0 radical (unpaired) electrons. The van der Waals surface area contributed by atoms with Crippen molar-refractivity contribution in [3.8, 4) is 0 Å². The Bertz CT molecular complexity index is 505. The van der Waals surface area contributed by atoms with Crippen LogP contribution in [-0.4, -0.2) is 58.1 Å². The number of aliphatic hydroxyl groups excluding tert-OH is 1. The van der Waals surface area contributed by atoms with E-state index in [1.165, 1.54) is 0 Å². The monoisotopic (exact) mass is 322 g/mol. The summed E-state index contributed by atoms with van der Waals surface area (Å²) in [6.45, 7) is 3.79. The molecule has 1 aromatic rings. The maximum atomic E-state index is 12.4. The van der Waals surface area contributed by atoms with Crippen molar-refractivity contribution < 1.29 is 14.6 Å². The van der Waals surface area contributed by atoms with Crippen molar-refractivity contribution in [2.24, 2.45) is 5.92 Å². The standard InChI is InChI=1S/C16H26N4O3/c1-11(21)14-5-2-6-20(14)16(22)17-8-12-4-3-7-23-15(12)13-9-18-19-10-13/h9-12,14-15,21H,2-8H2,1H3,(H,17,22)(H,18,19)/t11?,12-,14+,15+/m0/s1. The topological polar surface area (TPSA) is 90.5 Å². The molecule has 1 unspecified atom stereocenters. The van der Waals surface area contributed by atoms with Gasteiger partial charge in [-0.15, -0.1) is 0 Å². The Morgan fingerprint density at radius 3 is 3.17 bits per heavy atom. The Kier molecular flexibility index (Phi) is 5.17. The lowest BCUT2D eigenvalue weighted by molar-refractivity contribution is -0.0273. The van der Waals surface area contributed by atoms with Crippen LogP contribution in [0.1, 0.15) is 44.3 Å². The molecule has 3 N–H and O–H groups in total. The highest BCUT2D eigenvalue weighted by Gasteiger charge is 2.33. The normalized spacial score (nSPS) is 29.5. The predicted octanol–water partition coefficient (Wildman–Crippen LogP) is 1.43. The first-order valence-corrected chi connectivity index (χ1v) is 8.49. The third-order valence-electron chi connectivity index (χ3n) is 4.93. The molecule has 4 atom stereocenters. The number of rotatable bonds is 4. The number of nitrogens with one attached hydrogen (secondary N) is 2. The molecule has 2 amide bonds. The van der Waals surface area contributed by atoms with Crippen molar-refractivity contribution in [2.45, 2.75) is 50.9 Å². The van der Waals surface area contributed by atoms with Crippen LogP contribution in [0.3, 0.4) is 0 Å². The first-order chi connectivity index (χ1) is 11.2. The minimum absolute atomic E-state index is 0.0195. The molecule has 3 rings (SSSR count). The van der Waals surface area contributed by atoms with E-state index in [9.17, 15) is 9.90 Å². The molecular weight excluding hydrogens is 296 g/mol. The zero-order valence-electron chi connectivity index (χ0n) is 13.6. The van der Waals surface area contributed by atoms with Crippen LogP contribution in [0.25, 0.3) is 0 Å². The summed E-state index contributed by atoms with van der Waals surface area (Å²) in [5, 5.41) is 19.7. The largest absolute Gasteiger partial charge is 0.391 e. The maximum absolute atomic E-state index is 12.4. The Morgan fingerprint density at radius 1 is 1.57 bits per heavy atom. The van der Waals surface area contributed by atoms with Crippen molar-refractivity contribution >= 4 is 6.03 Å². The van der Waals surface area contributed by atoms with Crippen LogP contribution in [0.4, 0.5) is 4.79 Å². The number of carbonyl (C=O) groups is 1. The highest BCUT2D eigenvalue weighted by Crippen LogP contribution is 2.32. The lowest BCUT2D eigenvalue weighted by Crippen LogP contribution is -2.48. The first kappa shape index (κ1) is 16.3. The molecule has 0 spiro atoms. The summed E-state index contributed by atoms with van der Waals surface area (Å²) in [5.41, 5.74) is 1.03. The van der Waals surface area contributed by atoms with E-state index in [0.29, 0.717) is 13.1 Å². The van der Waals surface area contributed by atoms with Gasteiger partial charge < -0.3 is 20.1 Å². The summed E-state index contributed by atoms with van der Waals surface area (Å²) >= 11 is 0. The Balaban J connectivity index is 1.57. The van der Waals surface area contributed by atoms with E-state index in [2.05, 4.69) is 15.5 Å². The molecule has 0 aliphatic carbocycles. The van der Waals surface area contributed by atoms with Gasteiger partial charge in [0.15, 0.2) is 0 Å². The second-order valence-electron chi connectivity index (χ2n) is 6.55. The molecule has 0 saturated carbocycles. The quantitative estimate of drug-likeness (QED) is 0.782. The third kappa shape index (κ3) is 3.67. The molecule has 3 heterocycles. The van der Waals surface area contributed by atoms with Gasteiger partial charge in [-0.2, -0.15) is 5.10 Å². The third-order valence-corrected chi connectivity index (χ3v) is 4.93. The van der Waals surface area contributed by atoms with E-state index in [4.69, 9.17) is 4.74 Å². The van der Waals surface area contributed by atoms with Gasteiger partial charge in [-0.25, -0.2) is 4.79 Å². The smallest absolute Gasteiger partial charge is 0.317 e. The lowest BCUT2D eigenvalue weighted by Gasteiger charge is -2.33. The number of urea groups is 1. The number of aromatic nitrogens is 2. The zero-order valence-corrected chi connectivity index (χ0v) is 13.6. The number of carbonyl (C=O) groups excluding carboxylic acids is 1. The van der Waals surface area contributed by atoms with Crippen LogP contribution in [0.5, 0.6) is 0 Å². The van der Waals surface area contributed by atoms with Crippen LogP contribution in [0.2, 0.25) is 0 Å². The number of ether oxygens (including phenoxy) is 1. The number of amides is 2. The lowest BCUT2D eigenvalue weighted by atomic mass is 9.91. The number of likely N-dealkylation sites (tertiary alicyclic amines) is 1. The molecule has 2 aliphatic heterocycles. The van der Waals surface area contributed by atoms with Gasteiger partial charge in [0, 0.05) is 37.4 Å². The number of aliphatic hydroxyl groups is 1. The van der Waals surface area contributed by atoms with Gasteiger partial charge in [-0.1, -0.05) is 0 Å². The summed E-state index contributed by atoms with van der Waals surface area (Å²) in [7, 11) is 0. The van der Waals surface area contributed by atoms with Crippen LogP contribution < -0.4 is 5.32 Å². The Morgan fingerprint density at radius 2 is 2.43 bits per heavy atom. The fraction of sp³-hybridized carbons (Fsp3) is 0.750. The van der Waals surface area contributed by atoms with Crippen LogP contribution in [0.15, 0.2) is 12.4 Å². The van der Waals surface area contributed by atoms with E-state index in [-0.39, 0.29) is 24.1 Å². The van der Waals surface area contributed by atoms with E-state index in [1.807, 2.05) is 6.20 Å². The van der Waals surface area contributed by atoms with Gasteiger partial charge >= 0.3 is 6.03 Å². The maximum Gasteiger partial charge on any atom is 0.317 e. The molecule has 23 heavy (non-hydrogen) atoms. The molecule has 7 nitrogen and oxygen atoms in total. The number of hydrogen-bond acceptors (Lipinski definition) is 4. The number of nitrogens with zero attached hydrogens (tertiary/aromatic N) is 2.